The number of rotatable bonds is 3. The fraction of sp³-hybridized carbons (Fsp3) is 0.300. The predicted molar refractivity (Wildman–Crippen MR) is 111 cm³/mol. The number of imidazole rings is 1. The molecule has 0 atom stereocenters. The van der Waals surface area contributed by atoms with Crippen LogP contribution in [0, 0.1) is 0 Å². The van der Waals surface area contributed by atoms with Gasteiger partial charge in [-0.1, -0.05) is 30.3 Å². The summed E-state index contributed by atoms with van der Waals surface area (Å²) < 4.78 is 1.93. The first-order chi connectivity index (χ1) is 13.7. The fourth-order valence-electron chi connectivity index (χ4n) is 4.11. The molecule has 4 heterocycles. The van der Waals surface area contributed by atoms with Gasteiger partial charge in [0.1, 0.15) is 5.52 Å². The first-order valence-electron chi connectivity index (χ1n) is 9.32. The van der Waals surface area contributed by atoms with Gasteiger partial charge in [0.15, 0.2) is 10.8 Å². The SMILES string of the molecule is Cn1cnc2cnc(N3CCC(c4ccccc4)(c4csc(N)n4)CC3)nc21. The monoisotopic (exact) mass is 391 g/mol. The number of aromatic nitrogens is 5. The van der Waals surface area contributed by atoms with E-state index in [1.54, 1.807) is 12.5 Å². The Morgan fingerprint density at radius 3 is 2.57 bits per heavy atom. The van der Waals surface area contributed by atoms with Crippen LogP contribution in [0.2, 0.25) is 0 Å². The summed E-state index contributed by atoms with van der Waals surface area (Å²) in [5.74, 6) is 0.760. The quantitative estimate of drug-likeness (QED) is 0.578. The van der Waals surface area contributed by atoms with Crippen LogP contribution in [0.15, 0.2) is 48.2 Å². The van der Waals surface area contributed by atoms with Crippen LogP contribution < -0.4 is 10.6 Å². The van der Waals surface area contributed by atoms with Crippen molar-refractivity contribution in [2.75, 3.05) is 23.7 Å². The summed E-state index contributed by atoms with van der Waals surface area (Å²) in [6.07, 6.45) is 5.45. The van der Waals surface area contributed by atoms with E-state index in [1.807, 2.05) is 11.6 Å². The molecular formula is C20H21N7S. The minimum Gasteiger partial charge on any atom is -0.375 e. The second-order valence-corrected chi connectivity index (χ2v) is 8.13. The highest BCUT2D eigenvalue weighted by molar-refractivity contribution is 7.13. The number of fused-ring (bicyclic) bond motifs is 1. The predicted octanol–water partition coefficient (Wildman–Crippen LogP) is 2.99. The Morgan fingerprint density at radius 2 is 1.86 bits per heavy atom. The molecule has 1 fully saturated rings. The summed E-state index contributed by atoms with van der Waals surface area (Å²) in [6, 6.07) is 10.6. The number of benzene rings is 1. The Balaban J connectivity index is 1.47. The van der Waals surface area contributed by atoms with Crippen molar-refractivity contribution in [3.8, 4) is 0 Å². The van der Waals surface area contributed by atoms with E-state index in [-0.39, 0.29) is 5.41 Å². The minimum absolute atomic E-state index is 0.123. The Kier molecular flexibility index (Phi) is 4.01. The summed E-state index contributed by atoms with van der Waals surface area (Å²) in [4.78, 5) is 20.5. The number of nitrogen functional groups attached to an aromatic ring is 1. The molecule has 8 heteroatoms. The molecule has 0 bridgehead atoms. The molecule has 1 aliphatic heterocycles. The second-order valence-electron chi connectivity index (χ2n) is 7.24. The first kappa shape index (κ1) is 17.1. The average molecular weight is 392 g/mol. The average Bonchev–Trinajstić information content (AvgIpc) is 3.35. The summed E-state index contributed by atoms with van der Waals surface area (Å²) >= 11 is 1.51. The van der Waals surface area contributed by atoms with Crippen molar-refractivity contribution in [1.29, 1.82) is 0 Å². The molecule has 0 aliphatic carbocycles. The highest BCUT2D eigenvalue weighted by Gasteiger charge is 2.40. The number of anilines is 2. The van der Waals surface area contributed by atoms with E-state index in [4.69, 9.17) is 10.7 Å². The molecule has 0 radical (unpaired) electrons. The van der Waals surface area contributed by atoms with Crippen LogP contribution in [0.1, 0.15) is 24.1 Å². The number of nitrogens with two attached hydrogens (primary N) is 1. The van der Waals surface area contributed by atoms with Crippen molar-refractivity contribution in [2.24, 2.45) is 7.05 Å². The minimum atomic E-state index is -0.123. The van der Waals surface area contributed by atoms with Gasteiger partial charge in [0.05, 0.1) is 18.2 Å². The Labute approximate surface area is 166 Å². The van der Waals surface area contributed by atoms with Gasteiger partial charge in [-0.15, -0.1) is 11.3 Å². The molecular weight excluding hydrogens is 370 g/mol. The van der Waals surface area contributed by atoms with Gasteiger partial charge >= 0.3 is 0 Å². The third-order valence-corrected chi connectivity index (χ3v) is 6.35. The topological polar surface area (TPSA) is 85.8 Å². The van der Waals surface area contributed by atoms with E-state index in [1.165, 1.54) is 16.9 Å². The molecule has 0 amide bonds. The number of hydrogen-bond donors (Lipinski definition) is 1. The number of thiazole rings is 1. The summed E-state index contributed by atoms with van der Waals surface area (Å²) in [7, 11) is 1.95. The summed E-state index contributed by atoms with van der Waals surface area (Å²) in [5.41, 5.74) is 9.89. The number of aryl methyl sites for hydroxylation is 1. The smallest absolute Gasteiger partial charge is 0.227 e. The number of nitrogens with zero attached hydrogens (tertiary/aromatic N) is 6. The number of piperidine rings is 1. The zero-order chi connectivity index (χ0) is 19.1. The van der Waals surface area contributed by atoms with Crippen molar-refractivity contribution in [1.82, 2.24) is 24.5 Å². The fourth-order valence-corrected chi connectivity index (χ4v) is 4.77. The van der Waals surface area contributed by atoms with E-state index < -0.39 is 0 Å². The molecule has 7 nitrogen and oxygen atoms in total. The summed E-state index contributed by atoms with van der Waals surface area (Å²) in [6.45, 7) is 1.71. The van der Waals surface area contributed by atoms with E-state index in [9.17, 15) is 0 Å². The molecule has 1 saturated heterocycles. The maximum absolute atomic E-state index is 5.97. The van der Waals surface area contributed by atoms with Crippen LogP contribution >= 0.6 is 11.3 Å². The molecule has 4 aromatic rings. The van der Waals surface area contributed by atoms with Crippen molar-refractivity contribution < 1.29 is 0 Å². The highest BCUT2D eigenvalue weighted by Crippen LogP contribution is 2.42. The van der Waals surface area contributed by atoms with Crippen molar-refractivity contribution >= 4 is 33.6 Å². The van der Waals surface area contributed by atoms with Crippen molar-refractivity contribution in [3.63, 3.8) is 0 Å². The van der Waals surface area contributed by atoms with Gasteiger partial charge in [0.25, 0.3) is 0 Å². The maximum atomic E-state index is 5.97. The molecule has 1 aliphatic rings. The van der Waals surface area contributed by atoms with Gasteiger partial charge in [0, 0.05) is 30.9 Å². The van der Waals surface area contributed by atoms with Gasteiger partial charge in [-0.3, -0.25) is 0 Å². The number of hydrogen-bond acceptors (Lipinski definition) is 7. The van der Waals surface area contributed by atoms with Crippen LogP contribution in [0.5, 0.6) is 0 Å². The van der Waals surface area contributed by atoms with Gasteiger partial charge in [-0.25, -0.2) is 15.0 Å². The zero-order valence-corrected chi connectivity index (χ0v) is 16.4. The normalized spacial score (nSPS) is 16.5. The maximum Gasteiger partial charge on any atom is 0.227 e. The van der Waals surface area contributed by atoms with E-state index in [0.717, 1.165) is 48.7 Å². The van der Waals surface area contributed by atoms with E-state index >= 15 is 0 Å². The van der Waals surface area contributed by atoms with Gasteiger partial charge in [-0.2, -0.15) is 4.98 Å². The molecule has 28 heavy (non-hydrogen) atoms. The van der Waals surface area contributed by atoms with E-state index in [0.29, 0.717) is 5.13 Å². The van der Waals surface area contributed by atoms with Crippen molar-refractivity contribution in [2.45, 2.75) is 18.3 Å². The van der Waals surface area contributed by atoms with Crippen LogP contribution in [0.25, 0.3) is 11.2 Å². The summed E-state index contributed by atoms with van der Waals surface area (Å²) in [5, 5.41) is 2.73. The molecule has 3 aromatic heterocycles. The lowest BCUT2D eigenvalue weighted by atomic mass is 9.71. The van der Waals surface area contributed by atoms with Gasteiger partial charge in [-0.05, 0) is 18.4 Å². The molecule has 1 aromatic carbocycles. The highest BCUT2D eigenvalue weighted by atomic mass is 32.1. The standard InChI is InChI=1S/C20H21N7S/c1-26-13-23-15-11-22-19(25-17(15)26)27-9-7-20(8-10-27,14-5-3-2-4-6-14)16-12-28-18(21)24-16/h2-6,11-13H,7-10H2,1H3,(H2,21,24). The molecule has 0 unspecified atom stereocenters. The zero-order valence-electron chi connectivity index (χ0n) is 15.6. The molecule has 0 spiro atoms. The molecule has 2 N–H and O–H groups in total. The largest absolute Gasteiger partial charge is 0.375 e. The molecule has 5 rings (SSSR count). The second kappa shape index (κ2) is 6.56. The third-order valence-electron chi connectivity index (χ3n) is 5.68. The Bertz CT molecular complexity index is 1110. The Hall–Kier alpha value is -3.00. The van der Waals surface area contributed by atoms with Gasteiger partial charge in [0.2, 0.25) is 5.95 Å². The van der Waals surface area contributed by atoms with Crippen LogP contribution in [-0.2, 0) is 12.5 Å². The Morgan fingerprint density at radius 1 is 1.07 bits per heavy atom. The third kappa shape index (κ3) is 2.72. The van der Waals surface area contributed by atoms with E-state index in [2.05, 4.69) is 55.6 Å². The van der Waals surface area contributed by atoms with Crippen LogP contribution in [0.4, 0.5) is 11.1 Å². The molecule has 142 valence electrons. The van der Waals surface area contributed by atoms with Crippen LogP contribution in [-0.4, -0.2) is 37.6 Å². The lowest BCUT2D eigenvalue weighted by molar-refractivity contribution is 0.382. The first-order valence-corrected chi connectivity index (χ1v) is 10.2. The lowest BCUT2D eigenvalue weighted by Gasteiger charge is -2.41. The van der Waals surface area contributed by atoms with Crippen LogP contribution in [0.3, 0.4) is 0 Å². The lowest BCUT2D eigenvalue weighted by Crippen LogP contribution is -2.44. The molecule has 0 saturated carbocycles. The van der Waals surface area contributed by atoms with Crippen molar-refractivity contribution in [3.05, 3.63) is 59.5 Å². The van der Waals surface area contributed by atoms with Gasteiger partial charge < -0.3 is 15.2 Å².